The molecule has 0 saturated heterocycles. The summed E-state index contributed by atoms with van der Waals surface area (Å²) in [5.74, 6) is -0.766. The molecule has 38 heavy (non-hydrogen) atoms. The van der Waals surface area contributed by atoms with Gasteiger partial charge in [0.15, 0.2) is 0 Å². The van der Waals surface area contributed by atoms with Crippen LogP contribution < -0.4 is 9.62 Å². The maximum atomic E-state index is 13.9. The molecule has 7 nitrogen and oxygen atoms in total. The van der Waals surface area contributed by atoms with Gasteiger partial charge in [-0.1, -0.05) is 77.3 Å². The number of sulfonamides is 1. The molecular formula is C29H34BrN3O4S. The second kappa shape index (κ2) is 13.6. The minimum Gasteiger partial charge on any atom is -0.354 e. The van der Waals surface area contributed by atoms with Crippen molar-refractivity contribution >= 4 is 43.5 Å². The van der Waals surface area contributed by atoms with Gasteiger partial charge in [-0.05, 0) is 62.2 Å². The molecule has 3 rings (SSSR count). The molecule has 0 saturated carbocycles. The number of hydrogen-bond donors (Lipinski definition) is 1. The monoisotopic (exact) mass is 599 g/mol. The molecule has 2 amide bonds. The number of nitrogens with one attached hydrogen (secondary N) is 1. The van der Waals surface area contributed by atoms with Gasteiger partial charge in [0.25, 0.3) is 10.0 Å². The van der Waals surface area contributed by atoms with E-state index in [4.69, 9.17) is 0 Å². The molecule has 3 aromatic carbocycles. The molecule has 0 aromatic heterocycles. The number of hydrogen-bond acceptors (Lipinski definition) is 4. The predicted octanol–water partition coefficient (Wildman–Crippen LogP) is 5.29. The van der Waals surface area contributed by atoms with E-state index in [0.29, 0.717) is 12.2 Å². The number of unbranched alkanes of at least 4 members (excludes halogenated alkanes) is 1. The molecule has 0 aliphatic rings. The van der Waals surface area contributed by atoms with Crippen LogP contribution in [-0.4, -0.2) is 44.3 Å². The van der Waals surface area contributed by atoms with Crippen LogP contribution in [0.25, 0.3) is 0 Å². The molecule has 0 fully saturated rings. The van der Waals surface area contributed by atoms with Crippen LogP contribution in [0, 0.1) is 6.92 Å². The molecule has 0 aliphatic heterocycles. The summed E-state index contributed by atoms with van der Waals surface area (Å²) < 4.78 is 29.4. The first-order chi connectivity index (χ1) is 18.1. The highest BCUT2D eigenvalue weighted by Gasteiger charge is 2.32. The SMILES string of the molecule is CCCCNC(=O)[C@H](C)N(Cc1cccc(Br)c1)C(=O)CN(c1ccc(C)cc1)S(=O)(=O)c1ccccc1. The van der Waals surface area contributed by atoms with E-state index in [2.05, 4.69) is 21.2 Å². The number of aryl methyl sites for hydroxylation is 1. The van der Waals surface area contributed by atoms with E-state index in [1.165, 1.54) is 17.0 Å². The van der Waals surface area contributed by atoms with E-state index in [1.54, 1.807) is 49.4 Å². The fourth-order valence-electron chi connectivity index (χ4n) is 3.91. The maximum Gasteiger partial charge on any atom is 0.264 e. The van der Waals surface area contributed by atoms with Crippen molar-refractivity contribution in [3.8, 4) is 0 Å². The number of nitrogens with zero attached hydrogens (tertiary/aromatic N) is 2. The quantitative estimate of drug-likeness (QED) is 0.287. The lowest BCUT2D eigenvalue weighted by molar-refractivity contribution is -0.139. The fraction of sp³-hybridized carbons (Fsp3) is 0.310. The summed E-state index contributed by atoms with van der Waals surface area (Å²) in [4.78, 5) is 28.4. The molecule has 3 aromatic rings. The molecule has 202 valence electrons. The number of carbonyl (C=O) groups excluding carboxylic acids is 2. The summed E-state index contributed by atoms with van der Waals surface area (Å²) in [5.41, 5.74) is 2.15. The lowest BCUT2D eigenvalue weighted by Crippen LogP contribution is -2.51. The van der Waals surface area contributed by atoms with Crippen LogP contribution in [-0.2, 0) is 26.2 Å². The molecule has 1 atom stereocenters. The highest BCUT2D eigenvalue weighted by molar-refractivity contribution is 9.10. The number of carbonyl (C=O) groups is 2. The molecular weight excluding hydrogens is 566 g/mol. The van der Waals surface area contributed by atoms with E-state index in [9.17, 15) is 18.0 Å². The lowest BCUT2D eigenvalue weighted by atomic mass is 10.1. The third kappa shape index (κ3) is 7.68. The van der Waals surface area contributed by atoms with Crippen molar-refractivity contribution < 1.29 is 18.0 Å². The molecule has 0 spiro atoms. The zero-order valence-electron chi connectivity index (χ0n) is 21.9. The Kier molecular flexibility index (Phi) is 10.5. The Morgan fingerprint density at radius 1 is 0.974 bits per heavy atom. The minimum atomic E-state index is -4.06. The van der Waals surface area contributed by atoms with Crippen LogP contribution in [0.15, 0.2) is 88.2 Å². The van der Waals surface area contributed by atoms with Gasteiger partial charge < -0.3 is 10.2 Å². The van der Waals surface area contributed by atoms with Crippen molar-refractivity contribution in [2.75, 3.05) is 17.4 Å². The first kappa shape index (κ1) is 29.4. The summed E-state index contributed by atoms with van der Waals surface area (Å²) >= 11 is 3.46. The molecule has 1 N–H and O–H groups in total. The predicted molar refractivity (Wildman–Crippen MR) is 154 cm³/mol. The number of halogens is 1. The second-order valence-electron chi connectivity index (χ2n) is 9.13. The van der Waals surface area contributed by atoms with Gasteiger partial charge in [-0.25, -0.2) is 8.42 Å². The molecule has 0 unspecified atom stereocenters. The van der Waals surface area contributed by atoms with Gasteiger partial charge >= 0.3 is 0 Å². The Labute approximate surface area is 234 Å². The maximum absolute atomic E-state index is 13.9. The van der Waals surface area contributed by atoms with Crippen molar-refractivity contribution in [3.05, 3.63) is 94.5 Å². The van der Waals surface area contributed by atoms with Crippen LogP contribution in [0.4, 0.5) is 5.69 Å². The molecule has 0 bridgehead atoms. The van der Waals surface area contributed by atoms with Crippen LogP contribution in [0.3, 0.4) is 0 Å². The third-order valence-electron chi connectivity index (χ3n) is 6.17. The van der Waals surface area contributed by atoms with E-state index in [1.807, 2.05) is 38.1 Å². The smallest absolute Gasteiger partial charge is 0.264 e. The Hall–Kier alpha value is -3.17. The first-order valence-corrected chi connectivity index (χ1v) is 14.8. The molecule has 0 aliphatic carbocycles. The molecule has 0 heterocycles. The number of benzene rings is 3. The van der Waals surface area contributed by atoms with Crippen LogP contribution in [0.5, 0.6) is 0 Å². The number of amides is 2. The summed E-state index contributed by atoms with van der Waals surface area (Å²) in [5, 5.41) is 2.89. The standard InChI is InChI=1S/C29H34BrN3O4S/c1-4-5-18-31-29(35)23(3)32(20-24-10-9-11-25(30)19-24)28(34)21-33(26-16-14-22(2)15-17-26)38(36,37)27-12-7-6-8-13-27/h6-17,19,23H,4-5,18,20-21H2,1-3H3,(H,31,35)/t23-/m0/s1. The van der Waals surface area contributed by atoms with Crippen LogP contribution in [0.2, 0.25) is 0 Å². The summed E-state index contributed by atoms with van der Waals surface area (Å²) in [6.07, 6.45) is 1.76. The molecule has 9 heteroatoms. The third-order valence-corrected chi connectivity index (χ3v) is 8.45. The Bertz CT molecular complexity index is 1330. The average molecular weight is 601 g/mol. The van der Waals surface area contributed by atoms with Gasteiger partial charge in [0, 0.05) is 17.6 Å². The zero-order valence-corrected chi connectivity index (χ0v) is 24.3. The summed E-state index contributed by atoms with van der Waals surface area (Å²) in [6, 6.07) is 21.7. The van der Waals surface area contributed by atoms with Gasteiger partial charge in [0.2, 0.25) is 11.8 Å². The molecule has 0 radical (unpaired) electrons. The van der Waals surface area contributed by atoms with Crippen molar-refractivity contribution in [1.29, 1.82) is 0 Å². The minimum absolute atomic E-state index is 0.0808. The Morgan fingerprint density at radius 3 is 2.29 bits per heavy atom. The fourth-order valence-corrected chi connectivity index (χ4v) is 5.79. The van der Waals surface area contributed by atoms with E-state index < -0.39 is 28.5 Å². The van der Waals surface area contributed by atoms with E-state index in [-0.39, 0.29) is 17.3 Å². The van der Waals surface area contributed by atoms with Gasteiger partial charge in [-0.3, -0.25) is 13.9 Å². The van der Waals surface area contributed by atoms with Crippen molar-refractivity contribution in [3.63, 3.8) is 0 Å². The summed E-state index contributed by atoms with van der Waals surface area (Å²) in [6.45, 7) is 5.80. The van der Waals surface area contributed by atoms with Crippen molar-refractivity contribution in [2.45, 2.75) is 51.1 Å². The largest absolute Gasteiger partial charge is 0.354 e. The van der Waals surface area contributed by atoms with Crippen molar-refractivity contribution in [2.24, 2.45) is 0 Å². The summed E-state index contributed by atoms with van der Waals surface area (Å²) in [7, 11) is -4.06. The highest BCUT2D eigenvalue weighted by Crippen LogP contribution is 2.25. The number of rotatable bonds is 12. The van der Waals surface area contributed by atoms with Gasteiger partial charge in [0.05, 0.1) is 10.6 Å². The van der Waals surface area contributed by atoms with Crippen LogP contribution in [0.1, 0.15) is 37.8 Å². The van der Waals surface area contributed by atoms with Crippen LogP contribution >= 0.6 is 15.9 Å². The van der Waals surface area contributed by atoms with E-state index >= 15 is 0 Å². The Balaban J connectivity index is 1.98. The average Bonchev–Trinajstić information content (AvgIpc) is 2.91. The first-order valence-electron chi connectivity index (χ1n) is 12.6. The van der Waals surface area contributed by atoms with Gasteiger partial charge in [-0.2, -0.15) is 0 Å². The Morgan fingerprint density at radius 2 is 1.66 bits per heavy atom. The normalized spacial score (nSPS) is 12.0. The van der Waals surface area contributed by atoms with Gasteiger partial charge in [0.1, 0.15) is 12.6 Å². The van der Waals surface area contributed by atoms with E-state index in [0.717, 1.165) is 32.7 Å². The highest BCUT2D eigenvalue weighted by atomic mass is 79.9. The zero-order chi connectivity index (χ0) is 27.7. The van der Waals surface area contributed by atoms with Crippen molar-refractivity contribution in [1.82, 2.24) is 10.2 Å². The number of anilines is 1. The van der Waals surface area contributed by atoms with Gasteiger partial charge in [-0.15, -0.1) is 0 Å². The lowest BCUT2D eigenvalue weighted by Gasteiger charge is -2.32. The topological polar surface area (TPSA) is 86.8 Å². The second-order valence-corrected chi connectivity index (χ2v) is 11.9.